The first-order valence-corrected chi connectivity index (χ1v) is 6.72. The number of hydrogen-bond acceptors (Lipinski definition) is 5. The second-order valence-corrected chi connectivity index (χ2v) is 4.85. The summed E-state index contributed by atoms with van der Waals surface area (Å²) in [5, 5.41) is 8.23. The van der Waals surface area contributed by atoms with Crippen molar-refractivity contribution in [3.8, 4) is 0 Å². The summed E-state index contributed by atoms with van der Waals surface area (Å²) in [5.74, 6) is 0.630. The minimum atomic E-state index is 0.509. The molecule has 0 bridgehead atoms. The van der Waals surface area contributed by atoms with Crippen molar-refractivity contribution in [1.29, 1.82) is 0 Å². The first-order valence-electron chi connectivity index (χ1n) is 6.34. The predicted molar refractivity (Wildman–Crippen MR) is 77.9 cm³/mol. The molecule has 2 aromatic rings. The maximum atomic E-state index is 6.02. The van der Waals surface area contributed by atoms with Crippen molar-refractivity contribution in [3.05, 3.63) is 34.5 Å². The highest BCUT2D eigenvalue weighted by Crippen LogP contribution is 2.19. The highest BCUT2D eigenvalue weighted by molar-refractivity contribution is 6.32. The van der Waals surface area contributed by atoms with Crippen LogP contribution >= 0.6 is 11.6 Å². The lowest BCUT2D eigenvalue weighted by Crippen LogP contribution is -2.08. The third-order valence-electron chi connectivity index (χ3n) is 3.14. The first kappa shape index (κ1) is 14.7. The number of ether oxygens (including phenoxy) is 1. The molecule has 0 aliphatic heterocycles. The summed E-state index contributed by atoms with van der Waals surface area (Å²) in [5.41, 5.74) is 3.27. The molecule has 20 heavy (non-hydrogen) atoms. The number of hydrogen-bond donors (Lipinski definition) is 1. The van der Waals surface area contributed by atoms with Gasteiger partial charge in [-0.2, -0.15) is 5.10 Å². The maximum absolute atomic E-state index is 6.02. The SMILES string of the molecule is COCCn1nc(C)c(CNc2ncncc2Cl)c1C. The van der Waals surface area contributed by atoms with E-state index in [9.17, 15) is 0 Å². The summed E-state index contributed by atoms with van der Waals surface area (Å²) in [4.78, 5) is 7.97. The summed E-state index contributed by atoms with van der Waals surface area (Å²) in [7, 11) is 1.69. The normalized spacial score (nSPS) is 10.8. The molecule has 0 spiro atoms. The van der Waals surface area contributed by atoms with Gasteiger partial charge in [-0.3, -0.25) is 4.68 Å². The van der Waals surface area contributed by atoms with Gasteiger partial charge >= 0.3 is 0 Å². The fourth-order valence-corrected chi connectivity index (χ4v) is 2.17. The van der Waals surface area contributed by atoms with E-state index in [1.165, 1.54) is 6.33 Å². The molecule has 0 radical (unpaired) electrons. The Kier molecular flexibility index (Phi) is 4.92. The molecule has 0 aromatic carbocycles. The average Bonchev–Trinajstić information content (AvgIpc) is 2.71. The number of methoxy groups -OCH3 is 1. The number of aryl methyl sites for hydroxylation is 1. The summed E-state index contributed by atoms with van der Waals surface area (Å²) in [6, 6.07) is 0. The van der Waals surface area contributed by atoms with Gasteiger partial charge in [0.2, 0.25) is 0 Å². The molecule has 0 atom stereocenters. The van der Waals surface area contributed by atoms with Crippen molar-refractivity contribution in [1.82, 2.24) is 19.7 Å². The zero-order chi connectivity index (χ0) is 14.5. The van der Waals surface area contributed by atoms with Crippen LogP contribution in [0.5, 0.6) is 0 Å². The van der Waals surface area contributed by atoms with Gasteiger partial charge in [-0.25, -0.2) is 9.97 Å². The molecule has 2 rings (SSSR count). The van der Waals surface area contributed by atoms with Gasteiger partial charge in [0.05, 0.1) is 25.0 Å². The lowest BCUT2D eigenvalue weighted by molar-refractivity contribution is 0.182. The van der Waals surface area contributed by atoms with Crippen molar-refractivity contribution >= 4 is 17.4 Å². The first-order chi connectivity index (χ1) is 9.63. The minimum Gasteiger partial charge on any atom is -0.383 e. The fourth-order valence-electron chi connectivity index (χ4n) is 2.00. The molecule has 1 N–H and O–H groups in total. The van der Waals surface area contributed by atoms with Gasteiger partial charge in [-0.15, -0.1) is 0 Å². The lowest BCUT2D eigenvalue weighted by atomic mass is 10.2. The van der Waals surface area contributed by atoms with E-state index in [1.54, 1.807) is 13.3 Å². The summed E-state index contributed by atoms with van der Waals surface area (Å²) < 4.78 is 7.04. The molecule has 2 aromatic heterocycles. The Balaban J connectivity index is 2.10. The summed E-state index contributed by atoms with van der Waals surface area (Å²) in [6.07, 6.45) is 3.04. The number of anilines is 1. The molecule has 7 heteroatoms. The Bertz CT molecular complexity index is 584. The van der Waals surface area contributed by atoms with Gasteiger partial charge in [0, 0.05) is 24.9 Å². The zero-order valence-electron chi connectivity index (χ0n) is 11.9. The Hall–Kier alpha value is -1.66. The van der Waals surface area contributed by atoms with E-state index < -0.39 is 0 Å². The van der Waals surface area contributed by atoms with Gasteiger partial charge in [-0.1, -0.05) is 11.6 Å². The molecule has 0 saturated heterocycles. The van der Waals surface area contributed by atoms with Gasteiger partial charge in [0.25, 0.3) is 0 Å². The average molecular weight is 296 g/mol. The van der Waals surface area contributed by atoms with Crippen LogP contribution in [0.2, 0.25) is 5.02 Å². The van der Waals surface area contributed by atoms with Crippen molar-refractivity contribution < 1.29 is 4.74 Å². The number of nitrogens with one attached hydrogen (secondary N) is 1. The van der Waals surface area contributed by atoms with Crippen LogP contribution in [-0.4, -0.2) is 33.5 Å². The topological polar surface area (TPSA) is 64.9 Å². The standard InChI is InChI=1S/C13H18ClN5O/c1-9-11(10(2)19(18-9)4-5-20-3)6-16-13-12(14)7-15-8-17-13/h7-8H,4-6H2,1-3H3,(H,15,16,17). The zero-order valence-corrected chi connectivity index (χ0v) is 12.6. The van der Waals surface area contributed by atoms with E-state index in [0.717, 1.165) is 23.5 Å². The lowest BCUT2D eigenvalue weighted by Gasteiger charge is -2.08. The van der Waals surface area contributed by atoms with E-state index in [4.69, 9.17) is 16.3 Å². The molecule has 0 aliphatic rings. The number of rotatable bonds is 6. The molecule has 0 unspecified atom stereocenters. The van der Waals surface area contributed by atoms with Gasteiger partial charge in [-0.05, 0) is 13.8 Å². The number of halogens is 1. The van der Waals surface area contributed by atoms with E-state index in [2.05, 4.69) is 20.4 Å². The van der Waals surface area contributed by atoms with E-state index in [0.29, 0.717) is 24.0 Å². The van der Waals surface area contributed by atoms with Crippen LogP contribution in [0.1, 0.15) is 17.0 Å². The predicted octanol–water partition coefficient (Wildman–Crippen LogP) is 2.20. The third-order valence-corrected chi connectivity index (χ3v) is 3.42. The largest absolute Gasteiger partial charge is 0.383 e. The van der Waals surface area contributed by atoms with Crippen LogP contribution < -0.4 is 5.32 Å². The monoisotopic (exact) mass is 295 g/mol. The Morgan fingerprint density at radius 2 is 2.20 bits per heavy atom. The van der Waals surface area contributed by atoms with Crippen molar-refractivity contribution in [2.75, 3.05) is 19.0 Å². The molecule has 6 nitrogen and oxygen atoms in total. The second-order valence-electron chi connectivity index (χ2n) is 4.44. The van der Waals surface area contributed by atoms with Crippen LogP contribution in [0.3, 0.4) is 0 Å². The van der Waals surface area contributed by atoms with Crippen molar-refractivity contribution in [2.24, 2.45) is 0 Å². The number of aromatic nitrogens is 4. The molecular weight excluding hydrogens is 278 g/mol. The molecule has 0 fully saturated rings. The molecule has 108 valence electrons. The minimum absolute atomic E-state index is 0.509. The van der Waals surface area contributed by atoms with Crippen molar-refractivity contribution in [2.45, 2.75) is 26.9 Å². The molecule has 0 saturated carbocycles. The van der Waals surface area contributed by atoms with Crippen LogP contribution in [-0.2, 0) is 17.8 Å². The molecule has 0 amide bonds. The van der Waals surface area contributed by atoms with Gasteiger partial charge in [0.1, 0.15) is 17.2 Å². The second kappa shape index (κ2) is 6.67. The summed E-state index contributed by atoms with van der Waals surface area (Å²) >= 11 is 6.02. The summed E-state index contributed by atoms with van der Waals surface area (Å²) in [6.45, 7) is 6.06. The van der Waals surface area contributed by atoms with Gasteiger partial charge in [0.15, 0.2) is 0 Å². The highest BCUT2D eigenvalue weighted by Gasteiger charge is 2.12. The van der Waals surface area contributed by atoms with Gasteiger partial charge < -0.3 is 10.1 Å². The molecule has 0 aliphatic carbocycles. The third kappa shape index (κ3) is 3.26. The smallest absolute Gasteiger partial charge is 0.148 e. The maximum Gasteiger partial charge on any atom is 0.148 e. The number of nitrogens with zero attached hydrogens (tertiary/aromatic N) is 4. The Morgan fingerprint density at radius 3 is 2.90 bits per heavy atom. The van der Waals surface area contributed by atoms with Crippen LogP contribution in [0.15, 0.2) is 12.5 Å². The van der Waals surface area contributed by atoms with Crippen LogP contribution in [0.25, 0.3) is 0 Å². The molecular formula is C13H18ClN5O. The quantitative estimate of drug-likeness (QED) is 0.885. The van der Waals surface area contributed by atoms with E-state index in [-0.39, 0.29) is 0 Å². The highest BCUT2D eigenvalue weighted by atomic mass is 35.5. The van der Waals surface area contributed by atoms with Crippen LogP contribution in [0, 0.1) is 13.8 Å². The Labute approximate surface area is 123 Å². The fraction of sp³-hybridized carbons (Fsp3) is 0.462. The van der Waals surface area contributed by atoms with Crippen LogP contribution in [0.4, 0.5) is 5.82 Å². The Morgan fingerprint density at radius 1 is 1.40 bits per heavy atom. The van der Waals surface area contributed by atoms with E-state index >= 15 is 0 Å². The molecule has 2 heterocycles. The van der Waals surface area contributed by atoms with Crippen molar-refractivity contribution in [3.63, 3.8) is 0 Å². The van der Waals surface area contributed by atoms with E-state index in [1.807, 2.05) is 18.5 Å².